The first kappa shape index (κ1) is 26.6. The molecular weight excluding hydrogens is 529 g/mol. The minimum absolute atomic E-state index is 0.0681. The van der Waals surface area contributed by atoms with E-state index in [1.807, 2.05) is 0 Å². The van der Waals surface area contributed by atoms with Gasteiger partial charge in [0.25, 0.3) is 5.91 Å². The van der Waals surface area contributed by atoms with Crippen molar-refractivity contribution in [2.75, 3.05) is 13.2 Å². The summed E-state index contributed by atoms with van der Waals surface area (Å²) >= 11 is 6.06. The van der Waals surface area contributed by atoms with E-state index in [1.54, 1.807) is 5.32 Å². The predicted octanol–water partition coefficient (Wildman–Crippen LogP) is 2.01. The first-order chi connectivity index (χ1) is 17.2. The third-order valence-corrected chi connectivity index (χ3v) is 6.12. The van der Waals surface area contributed by atoms with Crippen LogP contribution in [0.3, 0.4) is 0 Å². The smallest absolute Gasteiger partial charge is 0.375 e. The Hall–Kier alpha value is -3.46. The number of halogens is 6. The fourth-order valence-corrected chi connectivity index (χ4v) is 4.03. The van der Waals surface area contributed by atoms with E-state index in [2.05, 4.69) is 25.7 Å². The maximum atomic E-state index is 16.1. The summed E-state index contributed by atoms with van der Waals surface area (Å²) in [5, 5.41) is 15.4. The van der Waals surface area contributed by atoms with Crippen molar-refractivity contribution in [2.24, 2.45) is 7.05 Å². The van der Waals surface area contributed by atoms with Gasteiger partial charge in [-0.3, -0.25) is 14.6 Å². The lowest BCUT2D eigenvalue weighted by atomic mass is 9.80. The van der Waals surface area contributed by atoms with E-state index < -0.39 is 60.2 Å². The molecular formula is C21H19ClF5N7O3. The Morgan fingerprint density at radius 2 is 2.03 bits per heavy atom. The third kappa shape index (κ3) is 5.05. The number of nitrogens with one attached hydrogen (secondary N) is 2. The number of pyridine rings is 1. The molecule has 10 nitrogen and oxygen atoms in total. The van der Waals surface area contributed by atoms with Crippen LogP contribution in [0.25, 0.3) is 0 Å². The second-order valence-corrected chi connectivity index (χ2v) is 9.03. The topological polar surface area (TPSA) is 124 Å². The molecule has 2 aromatic heterocycles. The SMILES string of the molecule is C[C@@H](NC(=O)C1(NC(=O)C(F)(F)F)COC1)c1ncc(C2C=C(Cl)C=CC2(F)c2nnn(C)n2)cc1F. The van der Waals surface area contributed by atoms with Crippen LogP contribution < -0.4 is 10.6 Å². The molecule has 3 atom stereocenters. The largest absolute Gasteiger partial charge is 0.471 e. The number of carbonyl (C=O) groups is 2. The van der Waals surface area contributed by atoms with E-state index in [4.69, 9.17) is 16.3 Å². The van der Waals surface area contributed by atoms with Crippen molar-refractivity contribution in [3.05, 3.63) is 58.4 Å². The van der Waals surface area contributed by atoms with Crippen molar-refractivity contribution in [1.82, 2.24) is 35.8 Å². The summed E-state index contributed by atoms with van der Waals surface area (Å²) in [7, 11) is 1.45. The number of tetrazole rings is 1. The fraction of sp³-hybridized carbons (Fsp3) is 0.429. The number of nitrogens with zero attached hydrogens (tertiary/aromatic N) is 5. The summed E-state index contributed by atoms with van der Waals surface area (Å²) in [5.74, 6) is -5.72. The highest BCUT2D eigenvalue weighted by molar-refractivity contribution is 6.31. The lowest BCUT2D eigenvalue weighted by Crippen LogP contribution is -2.71. The molecule has 0 radical (unpaired) electrons. The van der Waals surface area contributed by atoms with E-state index in [-0.39, 0.29) is 22.1 Å². The normalized spacial score (nSPS) is 23.6. The first-order valence-corrected chi connectivity index (χ1v) is 11.1. The van der Waals surface area contributed by atoms with Crippen molar-refractivity contribution < 1.29 is 36.3 Å². The summed E-state index contributed by atoms with van der Waals surface area (Å²) < 4.78 is 74.0. The Bertz CT molecular complexity index is 1290. The highest BCUT2D eigenvalue weighted by Crippen LogP contribution is 2.45. The summed E-state index contributed by atoms with van der Waals surface area (Å²) in [5.41, 5.74) is -4.50. The van der Waals surface area contributed by atoms with E-state index in [0.717, 1.165) is 16.9 Å². The van der Waals surface area contributed by atoms with Crippen LogP contribution in [0.4, 0.5) is 22.0 Å². The number of aromatic nitrogens is 5. The van der Waals surface area contributed by atoms with Crippen LogP contribution in [0.5, 0.6) is 0 Å². The minimum Gasteiger partial charge on any atom is -0.375 e. The zero-order valence-electron chi connectivity index (χ0n) is 19.2. The lowest BCUT2D eigenvalue weighted by molar-refractivity contribution is -0.184. The second kappa shape index (κ2) is 9.45. The highest BCUT2D eigenvalue weighted by Gasteiger charge is 2.52. The van der Waals surface area contributed by atoms with Crippen LogP contribution in [-0.4, -0.2) is 61.9 Å². The number of hydrogen-bond donors (Lipinski definition) is 2. The van der Waals surface area contributed by atoms with Gasteiger partial charge in [-0.25, -0.2) is 8.78 Å². The van der Waals surface area contributed by atoms with Crippen molar-refractivity contribution in [1.29, 1.82) is 0 Å². The maximum Gasteiger partial charge on any atom is 0.471 e. The van der Waals surface area contributed by atoms with Crippen LogP contribution >= 0.6 is 11.6 Å². The van der Waals surface area contributed by atoms with Gasteiger partial charge in [-0.2, -0.15) is 18.0 Å². The van der Waals surface area contributed by atoms with E-state index in [9.17, 15) is 22.8 Å². The fourth-order valence-electron chi connectivity index (χ4n) is 3.84. The number of rotatable bonds is 6. The Morgan fingerprint density at radius 3 is 2.57 bits per heavy atom. The molecule has 1 saturated heterocycles. The molecule has 198 valence electrons. The van der Waals surface area contributed by atoms with Gasteiger partial charge < -0.3 is 15.4 Å². The zero-order valence-corrected chi connectivity index (χ0v) is 19.9. The van der Waals surface area contributed by atoms with Gasteiger partial charge in [-0.1, -0.05) is 17.7 Å². The summed E-state index contributed by atoms with van der Waals surface area (Å²) in [4.78, 5) is 29.1. The molecule has 2 N–H and O–H groups in total. The molecule has 0 bridgehead atoms. The van der Waals surface area contributed by atoms with E-state index in [1.165, 1.54) is 32.3 Å². The Balaban J connectivity index is 1.55. The first-order valence-electron chi connectivity index (χ1n) is 10.7. The molecule has 3 heterocycles. The number of ether oxygens (including phenoxy) is 1. The van der Waals surface area contributed by atoms with Crippen LogP contribution in [-0.2, 0) is 27.0 Å². The van der Waals surface area contributed by atoms with Crippen LogP contribution in [0.15, 0.2) is 35.5 Å². The number of hydrogen-bond acceptors (Lipinski definition) is 7. The van der Waals surface area contributed by atoms with Crippen LogP contribution in [0, 0.1) is 5.82 Å². The minimum atomic E-state index is -5.21. The van der Waals surface area contributed by atoms with Crippen molar-refractivity contribution in [3.63, 3.8) is 0 Å². The Morgan fingerprint density at radius 1 is 1.32 bits per heavy atom. The van der Waals surface area contributed by atoms with Gasteiger partial charge >= 0.3 is 12.1 Å². The molecule has 0 saturated carbocycles. The van der Waals surface area contributed by atoms with Crippen LogP contribution in [0.2, 0.25) is 0 Å². The molecule has 0 aromatic carbocycles. The van der Waals surface area contributed by atoms with Gasteiger partial charge in [0.2, 0.25) is 11.5 Å². The maximum absolute atomic E-state index is 16.1. The van der Waals surface area contributed by atoms with Gasteiger partial charge in [0.05, 0.1) is 37.9 Å². The van der Waals surface area contributed by atoms with E-state index in [0.29, 0.717) is 0 Å². The molecule has 1 aliphatic heterocycles. The molecule has 2 amide bonds. The lowest BCUT2D eigenvalue weighted by Gasteiger charge is -2.40. The molecule has 2 aromatic rings. The number of allylic oxidation sites excluding steroid dienone is 4. The molecule has 16 heteroatoms. The molecule has 2 aliphatic rings. The molecule has 4 rings (SSSR count). The molecule has 1 aliphatic carbocycles. The third-order valence-electron chi connectivity index (χ3n) is 5.86. The van der Waals surface area contributed by atoms with Crippen molar-refractivity contribution in [2.45, 2.75) is 36.3 Å². The number of alkyl halides is 4. The van der Waals surface area contributed by atoms with Crippen molar-refractivity contribution in [3.8, 4) is 0 Å². The second-order valence-electron chi connectivity index (χ2n) is 8.59. The number of aryl methyl sites for hydroxylation is 1. The van der Waals surface area contributed by atoms with Gasteiger partial charge in [0.15, 0.2) is 5.54 Å². The Labute approximate surface area is 210 Å². The number of amides is 2. The Kier molecular flexibility index (Phi) is 6.79. The average molecular weight is 548 g/mol. The van der Waals surface area contributed by atoms with Gasteiger partial charge in [0.1, 0.15) is 5.82 Å². The summed E-state index contributed by atoms with van der Waals surface area (Å²) in [6.07, 6.45) is -0.272. The molecule has 1 fully saturated rings. The van der Waals surface area contributed by atoms with E-state index >= 15 is 8.78 Å². The monoisotopic (exact) mass is 547 g/mol. The molecule has 0 spiro atoms. The highest BCUT2D eigenvalue weighted by atomic mass is 35.5. The zero-order chi connectivity index (χ0) is 27.2. The summed E-state index contributed by atoms with van der Waals surface area (Å²) in [6.45, 7) is 0.337. The summed E-state index contributed by atoms with van der Waals surface area (Å²) in [6, 6.07) is -0.141. The van der Waals surface area contributed by atoms with Gasteiger partial charge in [0, 0.05) is 11.2 Å². The quantitative estimate of drug-likeness (QED) is 0.530. The predicted molar refractivity (Wildman–Crippen MR) is 116 cm³/mol. The van der Waals surface area contributed by atoms with Gasteiger partial charge in [-0.15, -0.1) is 10.2 Å². The standard InChI is InChI=1S/C21H19ClF5N7O3/c1-10(29-17(35)19(8-37-9-19)30-18(36)21(25,26)27)15-14(23)5-11(7-28-15)13-6-12(22)3-4-20(13,24)16-31-33-34(2)32-16/h3-7,10,13H,8-9H2,1-2H3,(H,29,35)(H,30,36)/t10-,13?,20?/m1/s1. The average Bonchev–Trinajstić information content (AvgIpc) is 3.23. The van der Waals surface area contributed by atoms with Crippen molar-refractivity contribution >= 4 is 23.4 Å². The molecule has 37 heavy (non-hydrogen) atoms. The van der Waals surface area contributed by atoms with Crippen LogP contribution in [0.1, 0.15) is 36.0 Å². The molecule has 2 unspecified atom stereocenters. The number of carbonyl (C=O) groups excluding carboxylic acids is 2. The van der Waals surface area contributed by atoms with Gasteiger partial charge in [-0.05, 0) is 35.9 Å².